The molecule has 0 aliphatic heterocycles. The number of hydrogen-bond donors (Lipinski definition) is 1. The van der Waals surface area contributed by atoms with Crippen LogP contribution in [0.25, 0.3) is 0 Å². The van der Waals surface area contributed by atoms with Gasteiger partial charge in [0.05, 0.1) is 5.41 Å². The van der Waals surface area contributed by atoms with Crippen LogP contribution in [0.2, 0.25) is 0 Å². The summed E-state index contributed by atoms with van der Waals surface area (Å²) in [5.41, 5.74) is 3.92. The fraction of sp³-hybridized carbons (Fsp3) is 0.917. The first-order chi connectivity index (χ1) is 7.70. The van der Waals surface area contributed by atoms with E-state index < -0.39 is 35.6 Å². The molecule has 18 heavy (non-hydrogen) atoms. The highest BCUT2D eigenvalue weighted by Crippen LogP contribution is 2.32. The van der Waals surface area contributed by atoms with E-state index in [0.29, 0.717) is 0 Å². The van der Waals surface area contributed by atoms with Gasteiger partial charge >= 0.3 is 6.18 Å². The maximum Gasteiger partial charge on any atom is 0.406 e. The number of nitrogens with two attached hydrogens (primary N) is 1. The van der Waals surface area contributed by atoms with E-state index in [0.717, 1.165) is 4.90 Å². The van der Waals surface area contributed by atoms with Crippen LogP contribution >= 0.6 is 0 Å². The predicted molar refractivity (Wildman–Crippen MR) is 65.0 cm³/mol. The van der Waals surface area contributed by atoms with E-state index in [1.165, 1.54) is 0 Å². The van der Waals surface area contributed by atoms with Crippen molar-refractivity contribution < 1.29 is 18.0 Å². The summed E-state index contributed by atoms with van der Waals surface area (Å²) in [4.78, 5) is 13.1. The van der Waals surface area contributed by atoms with E-state index in [4.69, 9.17) is 5.73 Å². The van der Waals surface area contributed by atoms with Crippen LogP contribution in [0.1, 0.15) is 41.5 Å². The molecule has 0 aromatic rings. The van der Waals surface area contributed by atoms with Gasteiger partial charge in [0.15, 0.2) is 0 Å². The highest BCUT2D eigenvalue weighted by Gasteiger charge is 2.45. The van der Waals surface area contributed by atoms with Gasteiger partial charge in [0.1, 0.15) is 6.54 Å². The van der Waals surface area contributed by atoms with E-state index in [-0.39, 0.29) is 0 Å². The van der Waals surface area contributed by atoms with Crippen LogP contribution in [0.3, 0.4) is 0 Å². The Morgan fingerprint density at radius 3 is 1.78 bits per heavy atom. The summed E-state index contributed by atoms with van der Waals surface area (Å²) in [6, 6.07) is -0.527. The number of nitrogens with zero attached hydrogens (tertiary/aromatic N) is 1. The number of halogens is 3. The highest BCUT2D eigenvalue weighted by atomic mass is 19.4. The molecule has 0 saturated carbocycles. The van der Waals surface area contributed by atoms with E-state index in [2.05, 4.69) is 0 Å². The first-order valence-corrected chi connectivity index (χ1v) is 5.87. The molecular formula is C12H23F3N2O. The monoisotopic (exact) mass is 268 g/mol. The molecule has 0 rings (SSSR count). The molecule has 0 aliphatic carbocycles. The first kappa shape index (κ1) is 17.2. The smallest absolute Gasteiger partial charge is 0.331 e. The van der Waals surface area contributed by atoms with Crippen molar-refractivity contribution in [3.05, 3.63) is 0 Å². The lowest BCUT2D eigenvalue weighted by Crippen LogP contribution is -2.58. The van der Waals surface area contributed by atoms with Gasteiger partial charge in [-0.05, 0) is 41.5 Å². The van der Waals surface area contributed by atoms with Gasteiger partial charge in [0.25, 0.3) is 0 Å². The van der Waals surface area contributed by atoms with Gasteiger partial charge in [-0.2, -0.15) is 13.2 Å². The van der Waals surface area contributed by atoms with Gasteiger partial charge in [-0.25, -0.2) is 0 Å². The summed E-state index contributed by atoms with van der Waals surface area (Å²) in [5.74, 6) is -0.581. The third kappa shape index (κ3) is 4.15. The van der Waals surface area contributed by atoms with Crippen molar-refractivity contribution in [2.75, 3.05) is 6.54 Å². The first-order valence-electron chi connectivity index (χ1n) is 5.87. The topological polar surface area (TPSA) is 46.3 Å². The Balaban J connectivity index is 5.23. The fourth-order valence-corrected chi connectivity index (χ4v) is 1.32. The molecule has 6 heteroatoms. The van der Waals surface area contributed by atoms with Crippen LogP contribution in [-0.4, -0.2) is 35.1 Å². The zero-order valence-electron chi connectivity index (χ0n) is 11.9. The molecule has 3 nitrogen and oxygen atoms in total. The second-order valence-corrected chi connectivity index (χ2v) is 5.99. The van der Waals surface area contributed by atoms with Crippen molar-refractivity contribution in [1.29, 1.82) is 0 Å². The maximum absolute atomic E-state index is 12.5. The van der Waals surface area contributed by atoms with Crippen molar-refractivity contribution in [3.8, 4) is 0 Å². The summed E-state index contributed by atoms with van der Waals surface area (Å²) in [5, 5.41) is 0. The molecule has 0 aliphatic rings. The molecular weight excluding hydrogens is 245 g/mol. The van der Waals surface area contributed by atoms with Gasteiger partial charge in [-0.15, -0.1) is 0 Å². The minimum atomic E-state index is -4.41. The molecule has 0 bridgehead atoms. The van der Waals surface area contributed by atoms with Crippen molar-refractivity contribution in [2.45, 2.75) is 59.3 Å². The third-order valence-corrected chi connectivity index (χ3v) is 3.38. The molecule has 0 heterocycles. The van der Waals surface area contributed by atoms with Crippen LogP contribution in [0.15, 0.2) is 0 Å². The molecule has 0 radical (unpaired) electrons. The molecule has 0 fully saturated rings. The molecule has 0 saturated heterocycles. The molecule has 0 aromatic carbocycles. The van der Waals surface area contributed by atoms with E-state index in [1.807, 2.05) is 0 Å². The average Bonchev–Trinajstić information content (AvgIpc) is 2.09. The Kier molecular flexibility index (Phi) is 4.85. The summed E-state index contributed by atoms with van der Waals surface area (Å²) < 4.78 is 37.5. The molecule has 0 atom stereocenters. The summed E-state index contributed by atoms with van der Waals surface area (Å²) in [6.45, 7) is 8.28. The summed E-state index contributed by atoms with van der Waals surface area (Å²) >= 11 is 0. The zero-order valence-corrected chi connectivity index (χ0v) is 11.9. The van der Waals surface area contributed by atoms with Gasteiger partial charge < -0.3 is 10.6 Å². The lowest BCUT2D eigenvalue weighted by atomic mass is 9.74. The second-order valence-electron chi connectivity index (χ2n) is 5.99. The highest BCUT2D eigenvalue weighted by molar-refractivity contribution is 5.83. The average molecular weight is 268 g/mol. The number of hydrogen-bond acceptors (Lipinski definition) is 2. The van der Waals surface area contributed by atoms with Crippen LogP contribution < -0.4 is 5.73 Å². The minimum Gasteiger partial charge on any atom is -0.331 e. The van der Waals surface area contributed by atoms with E-state index in [1.54, 1.807) is 41.5 Å². The molecule has 1 amide bonds. The van der Waals surface area contributed by atoms with Gasteiger partial charge in [-0.3, -0.25) is 4.79 Å². The SMILES string of the molecule is CC(C)N(CC(F)(F)F)C(=O)C(C)(C)C(C)(C)N. The van der Waals surface area contributed by atoms with Gasteiger partial charge in [0.2, 0.25) is 5.91 Å². The van der Waals surface area contributed by atoms with Crippen LogP contribution in [0.4, 0.5) is 13.2 Å². The zero-order chi connectivity index (χ0) is 14.9. The quantitative estimate of drug-likeness (QED) is 0.851. The number of alkyl halides is 3. The number of amides is 1. The predicted octanol–water partition coefficient (Wildman–Crippen LogP) is 2.55. The van der Waals surface area contributed by atoms with Gasteiger partial charge in [0, 0.05) is 11.6 Å². The Morgan fingerprint density at radius 1 is 1.17 bits per heavy atom. The number of carbonyl (C=O) groups is 1. The number of rotatable bonds is 4. The maximum atomic E-state index is 12.5. The Labute approximate surface area is 107 Å². The van der Waals surface area contributed by atoms with E-state index >= 15 is 0 Å². The Bertz CT molecular complexity index is 303. The standard InChI is InChI=1S/C12H23F3N2O/c1-8(2)17(7-12(13,14)15)9(18)10(3,4)11(5,6)16/h8H,7,16H2,1-6H3. The van der Waals surface area contributed by atoms with E-state index in [9.17, 15) is 18.0 Å². The van der Waals surface area contributed by atoms with Crippen LogP contribution in [0.5, 0.6) is 0 Å². The van der Waals surface area contributed by atoms with Crippen molar-refractivity contribution in [3.63, 3.8) is 0 Å². The minimum absolute atomic E-state index is 0.527. The largest absolute Gasteiger partial charge is 0.406 e. The van der Waals surface area contributed by atoms with Gasteiger partial charge in [-0.1, -0.05) is 0 Å². The van der Waals surface area contributed by atoms with Crippen LogP contribution in [-0.2, 0) is 4.79 Å². The Hall–Kier alpha value is -0.780. The molecule has 0 aromatic heterocycles. The number of carbonyl (C=O) groups excluding carboxylic acids is 1. The van der Waals surface area contributed by atoms with Crippen LogP contribution in [0, 0.1) is 5.41 Å². The summed E-state index contributed by atoms with van der Waals surface area (Å²) in [6.07, 6.45) is -4.41. The Morgan fingerprint density at radius 2 is 1.56 bits per heavy atom. The summed E-state index contributed by atoms with van der Waals surface area (Å²) in [7, 11) is 0. The van der Waals surface area contributed by atoms with Crippen molar-refractivity contribution in [1.82, 2.24) is 4.90 Å². The molecule has 108 valence electrons. The molecule has 0 unspecified atom stereocenters. The third-order valence-electron chi connectivity index (χ3n) is 3.38. The fourth-order valence-electron chi connectivity index (χ4n) is 1.32. The molecule has 2 N–H and O–H groups in total. The van der Waals surface area contributed by atoms with Crippen molar-refractivity contribution >= 4 is 5.91 Å². The van der Waals surface area contributed by atoms with Crippen molar-refractivity contribution in [2.24, 2.45) is 11.1 Å². The normalized spacial score (nSPS) is 13.9. The second kappa shape index (κ2) is 5.07. The lowest BCUT2D eigenvalue weighted by Gasteiger charge is -2.42. The lowest BCUT2D eigenvalue weighted by molar-refractivity contribution is -0.172. The molecule has 0 spiro atoms.